The summed E-state index contributed by atoms with van der Waals surface area (Å²) in [5.74, 6) is 1.16. The van der Waals surface area contributed by atoms with E-state index in [1.54, 1.807) is 0 Å². The van der Waals surface area contributed by atoms with Crippen LogP contribution in [0, 0.1) is 18.8 Å². The molecule has 23 heavy (non-hydrogen) atoms. The number of aryl methyl sites for hydroxylation is 1. The van der Waals surface area contributed by atoms with Crippen molar-refractivity contribution < 1.29 is 4.79 Å². The van der Waals surface area contributed by atoms with Crippen LogP contribution < -0.4 is 5.73 Å². The molecule has 3 atom stereocenters. The first-order chi connectivity index (χ1) is 11.0. The second-order valence-electron chi connectivity index (χ2n) is 6.85. The van der Waals surface area contributed by atoms with Gasteiger partial charge in [0.25, 0.3) is 5.91 Å². The van der Waals surface area contributed by atoms with Crippen LogP contribution in [0.1, 0.15) is 28.9 Å². The third kappa shape index (κ3) is 2.56. The van der Waals surface area contributed by atoms with Crippen LogP contribution >= 0.6 is 15.9 Å². The van der Waals surface area contributed by atoms with Crippen molar-refractivity contribution in [1.82, 2.24) is 9.88 Å². The summed E-state index contributed by atoms with van der Waals surface area (Å²) in [4.78, 5) is 19.6. The van der Waals surface area contributed by atoms with Crippen LogP contribution in [0.5, 0.6) is 0 Å². The minimum atomic E-state index is 0.111. The molecule has 3 unspecified atom stereocenters. The van der Waals surface area contributed by atoms with Crippen molar-refractivity contribution in [1.29, 1.82) is 0 Å². The Hall–Kier alpha value is -1.46. The molecule has 1 aromatic carbocycles. The molecule has 0 radical (unpaired) electrons. The highest BCUT2D eigenvalue weighted by molar-refractivity contribution is 9.10. The van der Waals surface area contributed by atoms with Crippen molar-refractivity contribution in [2.75, 3.05) is 13.1 Å². The summed E-state index contributed by atoms with van der Waals surface area (Å²) < 4.78 is 0.963. The van der Waals surface area contributed by atoms with Crippen molar-refractivity contribution in [3.8, 4) is 0 Å². The Kier molecular flexibility index (Phi) is 3.65. The lowest BCUT2D eigenvalue weighted by Crippen LogP contribution is -2.33. The van der Waals surface area contributed by atoms with E-state index in [4.69, 9.17) is 5.73 Å². The Balaban J connectivity index is 1.71. The fourth-order valence-electron chi connectivity index (χ4n) is 4.15. The van der Waals surface area contributed by atoms with E-state index in [0.717, 1.165) is 52.6 Å². The van der Waals surface area contributed by atoms with Gasteiger partial charge in [-0.25, -0.2) is 0 Å². The predicted octanol–water partition coefficient (Wildman–Crippen LogP) is 3.12. The number of halogens is 1. The van der Waals surface area contributed by atoms with Gasteiger partial charge >= 0.3 is 0 Å². The number of pyridine rings is 1. The number of likely N-dealkylation sites (tertiary alicyclic amines) is 1. The van der Waals surface area contributed by atoms with Gasteiger partial charge in [0, 0.05) is 34.7 Å². The van der Waals surface area contributed by atoms with Crippen molar-refractivity contribution in [3.05, 3.63) is 40.0 Å². The van der Waals surface area contributed by atoms with Gasteiger partial charge in [0.15, 0.2) is 0 Å². The normalized spacial score (nSPS) is 26.7. The molecule has 1 aliphatic heterocycles. The van der Waals surface area contributed by atoms with Crippen molar-refractivity contribution in [2.45, 2.75) is 25.8 Å². The number of fused-ring (bicyclic) bond motifs is 2. The summed E-state index contributed by atoms with van der Waals surface area (Å²) in [5, 5.41) is 0.913. The summed E-state index contributed by atoms with van der Waals surface area (Å²) in [7, 11) is 0. The van der Waals surface area contributed by atoms with E-state index in [0.29, 0.717) is 11.8 Å². The highest BCUT2D eigenvalue weighted by Crippen LogP contribution is 2.38. The lowest BCUT2D eigenvalue weighted by Gasteiger charge is -2.20. The molecular formula is C18H20BrN3O. The molecule has 120 valence electrons. The van der Waals surface area contributed by atoms with E-state index in [2.05, 4.69) is 20.9 Å². The molecule has 4 nitrogen and oxygen atoms in total. The Morgan fingerprint density at radius 1 is 1.30 bits per heavy atom. The van der Waals surface area contributed by atoms with E-state index in [1.165, 1.54) is 0 Å². The second-order valence-corrected chi connectivity index (χ2v) is 7.76. The van der Waals surface area contributed by atoms with Gasteiger partial charge in [0.2, 0.25) is 0 Å². The van der Waals surface area contributed by atoms with Gasteiger partial charge in [-0.15, -0.1) is 0 Å². The maximum Gasteiger partial charge on any atom is 0.254 e. The number of rotatable bonds is 1. The first kappa shape index (κ1) is 15.1. The Morgan fingerprint density at radius 3 is 2.91 bits per heavy atom. The van der Waals surface area contributed by atoms with Gasteiger partial charge in [-0.2, -0.15) is 0 Å². The van der Waals surface area contributed by atoms with Crippen molar-refractivity contribution >= 4 is 32.7 Å². The summed E-state index contributed by atoms with van der Waals surface area (Å²) in [6, 6.07) is 8.06. The third-order valence-electron chi connectivity index (χ3n) is 5.33. The number of amides is 1. The van der Waals surface area contributed by atoms with Gasteiger partial charge in [0.1, 0.15) is 0 Å². The zero-order chi connectivity index (χ0) is 16.1. The molecule has 4 rings (SSSR count). The van der Waals surface area contributed by atoms with Gasteiger partial charge in [-0.05, 0) is 55.9 Å². The summed E-state index contributed by atoms with van der Waals surface area (Å²) in [6.45, 7) is 3.57. The highest BCUT2D eigenvalue weighted by Gasteiger charge is 2.42. The average Bonchev–Trinajstić information content (AvgIpc) is 3.09. The molecule has 2 fully saturated rings. The lowest BCUT2D eigenvalue weighted by atomic mass is 9.98. The fourth-order valence-corrected chi connectivity index (χ4v) is 4.51. The molecule has 2 aliphatic rings. The number of carbonyl (C=O) groups is 1. The van der Waals surface area contributed by atoms with Gasteiger partial charge in [-0.1, -0.05) is 15.9 Å². The first-order valence-corrected chi connectivity index (χ1v) is 8.94. The van der Waals surface area contributed by atoms with Crippen LogP contribution in [0.15, 0.2) is 28.7 Å². The SMILES string of the molecule is Cc1cc(C(=O)N2CC3CCC(N)C3C2)c2cc(Br)ccc2n1. The summed E-state index contributed by atoms with van der Waals surface area (Å²) in [6.07, 6.45) is 2.25. The van der Waals surface area contributed by atoms with Gasteiger partial charge in [0.05, 0.1) is 11.1 Å². The molecule has 5 heteroatoms. The molecular weight excluding hydrogens is 354 g/mol. The predicted molar refractivity (Wildman–Crippen MR) is 94.3 cm³/mol. The minimum Gasteiger partial charge on any atom is -0.338 e. The van der Waals surface area contributed by atoms with Crippen LogP contribution in [0.4, 0.5) is 0 Å². The largest absolute Gasteiger partial charge is 0.338 e. The molecule has 2 N–H and O–H groups in total. The van der Waals surface area contributed by atoms with Crippen LogP contribution in [-0.4, -0.2) is 34.9 Å². The number of carbonyl (C=O) groups excluding carboxylic acids is 1. The number of benzene rings is 1. The molecule has 0 bridgehead atoms. The Morgan fingerprint density at radius 2 is 2.13 bits per heavy atom. The van der Waals surface area contributed by atoms with Crippen LogP contribution in [0.25, 0.3) is 10.9 Å². The number of aromatic nitrogens is 1. The summed E-state index contributed by atoms with van der Waals surface area (Å²) in [5.41, 5.74) is 8.70. The number of nitrogens with zero attached hydrogens (tertiary/aromatic N) is 2. The molecule has 1 aromatic heterocycles. The molecule has 2 heterocycles. The molecule has 1 aliphatic carbocycles. The number of hydrogen-bond donors (Lipinski definition) is 1. The molecule has 1 amide bonds. The standard InChI is InChI=1S/C18H20BrN3O/c1-10-6-14(13-7-12(19)3-5-17(13)21-10)18(23)22-8-11-2-4-16(20)15(11)9-22/h3,5-7,11,15-16H,2,4,8-9,20H2,1H3. The number of hydrogen-bond acceptors (Lipinski definition) is 3. The Labute approximate surface area is 144 Å². The van der Waals surface area contributed by atoms with Gasteiger partial charge in [-0.3, -0.25) is 9.78 Å². The third-order valence-corrected chi connectivity index (χ3v) is 5.82. The smallest absolute Gasteiger partial charge is 0.254 e. The quantitative estimate of drug-likeness (QED) is 0.835. The topological polar surface area (TPSA) is 59.2 Å². The molecule has 1 saturated heterocycles. The molecule has 2 aromatic rings. The highest BCUT2D eigenvalue weighted by atomic mass is 79.9. The van der Waals surface area contributed by atoms with Crippen LogP contribution in [0.2, 0.25) is 0 Å². The summed E-state index contributed by atoms with van der Waals surface area (Å²) >= 11 is 3.50. The van der Waals surface area contributed by atoms with E-state index in [-0.39, 0.29) is 11.9 Å². The Bertz CT molecular complexity index is 791. The molecule has 1 saturated carbocycles. The maximum absolute atomic E-state index is 13.1. The van der Waals surface area contributed by atoms with E-state index < -0.39 is 0 Å². The molecule has 0 spiro atoms. The fraction of sp³-hybridized carbons (Fsp3) is 0.444. The van der Waals surface area contributed by atoms with Crippen LogP contribution in [0.3, 0.4) is 0 Å². The van der Waals surface area contributed by atoms with E-state index in [9.17, 15) is 4.79 Å². The zero-order valence-electron chi connectivity index (χ0n) is 13.1. The van der Waals surface area contributed by atoms with Gasteiger partial charge < -0.3 is 10.6 Å². The van der Waals surface area contributed by atoms with Crippen LogP contribution in [-0.2, 0) is 0 Å². The first-order valence-electron chi connectivity index (χ1n) is 8.14. The van der Waals surface area contributed by atoms with Crippen molar-refractivity contribution in [3.63, 3.8) is 0 Å². The minimum absolute atomic E-state index is 0.111. The monoisotopic (exact) mass is 373 g/mol. The number of nitrogens with two attached hydrogens (primary N) is 1. The average molecular weight is 374 g/mol. The lowest BCUT2D eigenvalue weighted by molar-refractivity contribution is 0.0781. The van der Waals surface area contributed by atoms with Crippen molar-refractivity contribution in [2.24, 2.45) is 17.6 Å². The van der Waals surface area contributed by atoms with E-state index in [1.807, 2.05) is 36.1 Å². The zero-order valence-corrected chi connectivity index (χ0v) is 14.7. The second kappa shape index (κ2) is 5.56. The van der Waals surface area contributed by atoms with E-state index >= 15 is 0 Å². The maximum atomic E-state index is 13.1.